The first-order valence-corrected chi connectivity index (χ1v) is 5.80. The van der Waals surface area contributed by atoms with Gasteiger partial charge < -0.3 is 10.6 Å². The van der Waals surface area contributed by atoms with E-state index in [0.717, 1.165) is 11.3 Å². The van der Waals surface area contributed by atoms with E-state index in [2.05, 4.69) is 15.5 Å². The van der Waals surface area contributed by atoms with Crippen molar-refractivity contribution < 1.29 is 18.0 Å². The minimum atomic E-state index is -1.20. The lowest BCUT2D eigenvalue weighted by molar-refractivity contribution is 0.102. The fourth-order valence-electron chi connectivity index (χ4n) is 1.24. The van der Waals surface area contributed by atoms with Crippen LogP contribution in [0.1, 0.15) is 9.80 Å². The Morgan fingerprint density at radius 1 is 1.21 bits per heavy atom. The fraction of sp³-hybridized carbons (Fsp3) is 0.100. The molecule has 0 unspecified atom stereocenters. The van der Waals surface area contributed by atoms with Gasteiger partial charge >= 0.3 is 0 Å². The van der Waals surface area contributed by atoms with Crippen LogP contribution in [0, 0.1) is 17.5 Å². The summed E-state index contributed by atoms with van der Waals surface area (Å²) in [7, 11) is 1.58. The maximum atomic E-state index is 13.3. The smallest absolute Gasteiger partial charge is 0.286 e. The molecule has 5 nitrogen and oxygen atoms in total. The SMILES string of the molecule is CNc1nnc(C(=O)Nc2c(F)cc(F)cc2F)s1. The van der Waals surface area contributed by atoms with Crippen molar-refractivity contribution in [2.75, 3.05) is 17.7 Å². The molecule has 19 heavy (non-hydrogen) atoms. The molecular weight excluding hydrogens is 281 g/mol. The van der Waals surface area contributed by atoms with E-state index >= 15 is 0 Å². The van der Waals surface area contributed by atoms with E-state index < -0.39 is 29.0 Å². The lowest BCUT2D eigenvalue weighted by Crippen LogP contribution is -2.14. The number of nitrogens with one attached hydrogen (secondary N) is 2. The predicted octanol–water partition coefficient (Wildman–Crippen LogP) is 2.25. The topological polar surface area (TPSA) is 66.9 Å². The van der Waals surface area contributed by atoms with E-state index in [9.17, 15) is 18.0 Å². The molecule has 0 aliphatic heterocycles. The predicted molar refractivity (Wildman–Crippen MR) is 63.7 cm³/mol. The summed E-state index contributed by atoms with van der Waals surface area (Å²) in [6.07, 6.45) is 0. The van der Waals surface area contributed by atoms with Crippen LogP contribution in [0.3, 0.4) is 0 Å². The van der Waals surface area contributed by atoms with Gasteiger partial charge in [-0.15, -0.1) is 10.2 Å². The molecule has 2 N–H and O–H groups in total. The molecule has 0 saturated carbocycles. The largest absolute Gasteiger partial charge is 0.363 e. The number of halogens is 3. The molecule has 1 amide bonds. The zero-order valence-electron chi connectivity index (χ0n) is 9.50. The van der Waals surface area contributed by atoms with E-state index in [1.54, 1.807) is 7.05 Å². The van der Waals surface area contributed by atoms with Gasteiger partial charge in [-0.1, -0.05) is 11.3 Å². The summed E-state index contributed by atoms with van der Waals surface area (Å²) in [6, 6.07) is 0.940. The van der Waals surface area contributed by atoms with Crippen molar-refractivity contribution in [3.8, 4) is 0 Å². The van der Waals surface area contributed by atoms with Crippen LogP contribution in [-0.2, 0) is 0 Å². The Morgan fingerprint density at radius 2 is 1.84 bits per heavy atom. The van der Waals surface area contributed by atoms with Crippen molar-refractivity contribution in [3.05, 3.63) is 34.6 Å². The van der Waals surface area contributed by atoms with Gasteiger partial charge in [-0.25, -0.2) is 13.2 Å². The first kappa shape index (κ1) is 13.3. The zero-order valence-corrected chi connectivity index (χ0v) is 10.3. The number of anilines is 2. The molecule has 1 aromatic heterocycles. The van der Waals surface area contributed by atoms with Gasteiger partial charge in [0.2, 0.25) is 10.1 Å². The van der Waals surface area contributed by atoms with Gasteiger partial charge in [0.25, 0.3) is 5.91 Å². The van der Waals surface area contributed by atoms with Gasteiger partial charge in [-0.2, -0.15) is 0 Å². The molecule has 2 rings (SSSR count). The third-order valence-corrected chi connectivity index (χ3v) is 3.02. The van der Waals surface area contributed by atoms with Crippen LogP contribution in [0.25, 0.3) is 0 Å². The molecule has 0 spiro atoms. The Hall–Kier alpha value is -2.16. The molecule has 1 heterocycles. The molecule has 0 aliphatic carbocycles. The number of hydrogen-bond donors (Lipinski definition) is 2. The summed E-state index contributed by atoms with van der Waals surface area (Å²) in [5.74, 6) is -4.31. The first-order valence-electron chi connectivity index (χ1n) is 4.98. The summed E-state index contributed by atoms with van der Waals surface area (Å²) < 4.78 is 39.3. The summed E-state index contributed by atoms with van der Waals surface area (Å²) in [5.41, 5.74) is -0.729. The number of rotatable bonds is 3. The van der Waals surface area contributed by atoms with Crippen LogP contribution in [0.2, 0.25) is 0 Å². The number of hydrogen-bond acceptors (Lipinski definition) is 5. The van der Waals surface area contributed by atoms with Gasteiger partial charge in [-0.05, 0) is 0 Å². The van der Waals surface area contributed by atoms with E-state index in [1.807, 2.05) is 5.32 Å². The number of amides is 1. The summed E-state index contributed by atoms with van der Waals surface area (Å²) in [4.78, 5) is 11.7. The van der Waals surface area contributed by atoms with E-state index in [-0.39, 0.29) is 5.01 Å². The van der Waals surface area contributed by atoms with Crippen molar-refractivity contribution in [1.29, 1.82) is 0 Å². The number of aromatic nitrogens is 2. The molecule has 0 bridgehead atoms. The molecule has 0 radical (unpaired) electrons. The van der Waals surface area contributed by atoms with Gasteiger partial charge in [0.05, 0.1) is 0 Å². The highest BCUT2D eigenvalue weighted by molar-refractivity contribution is 7.17. The van der Waals surface area contributed by atoms with Gasteiger partial charge in [0.1, 0.15) is 11.5 Å². The standard InChI is InChI=1S/C10H7F3N4OS/c1-14-10-17-16-9(19-10)8(18)15-7-5(12)2-4(11)3-6(7)13/h2-3H,1H3,(H,14,17)(H,15,18). The van der Waals surface area contributed by atoms with Gasteiger partial charge in [0, 0.05) is 19.2 Å². The molecule has 0 fully saturated rings. The monoisotopic (exact) mass is 288 g/mol. The molecule has 0 atom stereocenters. The quantitative estimate of drug-likeness (QED) is 0.909. The second-order valence-corrected chi connectivity index (χ2v) is 4.34. The Morgan fingerprint density at radius 3 is 2.37 bits per heavy atom. The number of benzene rings is 1. The highest BCUT2D eigenvalue weighted by Crippen LogP contribution is 2.22. The van der Waals surface area contributed by atoms with Crippen LogP contribution in [0.5, 0.6) is 0 Å². The molecule has 0 saturated heterocycles. The van der Waals surface area contributed by atoms with Crippen LogP contribution in [0.4, 0.5) is 24.0 Å². The zero-order chi connectivity index (χ0) is 14.0. The van der Waals surface area contributed by atoms with Crippen molar-refractivity contribution in [1.82, 2.24) is 10.2 Å². The van der Waals surface area contributed by atoms with E-state index in [0.29, 0.717) is 17.3 Å². The highest BCUT2D eigenvalue weighted by atomic mass is 32.1. The molecule has 1 aromatic carbocycles. The molecular formula is C10H7F3N4OS. The second-order valence-electron chi connectivity index (χ2n) is 3.36. The third kappa shape index (κ3) is 2.81. The number of carbonyl (C=O) groups excluding carboxylic acids is 1. The van der Waals surface area contributed by atoms with Crippen molar-refractivity contribution >= 4 is 28.1 Å². The number of carbonyl (C=O) groups is 1. The van der Waals surface area contributed by atoms with Crippen LogP contribution in [0.15, 0.2) is 12.1 Å². The Labute approximate surface area is 109 Å². The number of nitrogens with zero attached hydrogens (tertiary/aromatic N) is 2. The van der Waals surface area contributed by atoms with Crippen LogP contribution < -0.4 is 10.6 Å². The normalized spacial score (nSPS) is 10.3. The summed E-state index contributed by atoms with van der Waals surface area (Å²) in [5, 5.41) is 12.1. The molecule has 0 aliphatic rings. The average Bonchev–Trinajstić information content (AvgIpc) is 2.82. The lowest BCUT2D eigenvalue weighted by atomic mass is 10.2. The maximum absolute atomic E-state index is 13.3. The van der Waals surface area contributed by atoms with Gasteiger partial charge in [-0.3, -0.25) is 4.79 Å². The Kier molecular flexibility index (Phi) is 3.65. The summed E-state index contributed by atoms with van der Waals surface area (Å²) >= 11 is 0.911. The lowest BCUT2D eigenvalue weighted by Gasteiger charge is -2.05. The fourth-order valence-corrected chi connectivity index (χ4v) is 1.84. The summed E-state index contributed by atoms with van der Waals surface area (Å²) in [6.45, 7) is 0. The minimum absolute atomic E-state index is 0.0764. The maximum Gasteiger partial charge on any atom is 0.286 e. The van der Waals surface area contributed by atoms with E-state index in [1.165, 1.54) is 0 Å². The highest BCUT2D eigenvalue weighted by Gasteiger charge is 2.18. The first-order chi connectivity index (χ1) is 9.01. The average molecular weight is 288 g/mol. The van der Waals surface area contributed by atoms with Crippen molar-refractivity contribution in [3.63, 3.8) is 0 Å². The van der Waals surface area contributed by atoms with Crippen molar-refractivity contribution in [2.24, 2.45) is 0 Å². The third-order valence-electron chi connectivity index (χ3n) is 2.08. The Balaban J connectivity index is 2.24. The molecule has 9 heteroatoms. The minimum Gasteiger partial charge on any atom is -0.363 e. The van der Waals surface area contributed by atoms with E-state index in [4.69, 9.17) is 0 Å². The van der Waals surface area contributed by atoms with Crippen LogP contribution in [-0.4, -0.2) is 23.2 Å². The second kappa shape index (κ2) is 5.22. The molecule has 100 valence electrons. The van der Waals surface area contributed by atoms with Crippen molar-refractivity contribution in [2.45, 2.75) is 0 Å². The molecule has 2 aromatic rings. The Bertz CT molecular complexity index is 608. The van der Waals surface area contributed by atoms with Gasteiger partial charge in [0.15, 0.2) is 11.6 Å². The van der Waals surface area contributed by atoms with Crippen LogP contribution >= 0.6 is 11.3 Å².